The first-order valence-corrected chi connectivity index (χ1v) is 10.2. The molecule has 1 aromatic carbocycles. The standard InChI is InChI=1S/C21H21N5O.C2H6/c1-14-19-20(25-18(24-14)11-8-15-6-4-3-5-7-15)26(13-23-19)17-10-9-16(12-17)21(27)22-2;1-2/h3-7,13,16-17H,9-10,12H2,1-2H3,(H,22,27);1-2H3. The van der Waals surface area contributed by atoms with E-state index >= 15 is 0 Å². The van der Waals surface area contributed by atoms with Crippen molar-refractivity contribution in [2.45, 2.75) is 46.1 Å². The number of carbonyl (C=O) groups excluding carboxylic acids is 1. The van der Waals surface area contributed by atoms with E-state index in [1.165, 1.54) is 0 Å². The van der Waals surface area contributed by atoms with Crippen LogP contribution in [0.3, 0.4) is 0 Å². The largest absolute Gasteiger partial charge is 0.359 e. The number of aryl methyl sites for hydroxylation is 1. The van der Waals surface area contributed by atoms with E-state index in [4.69, 9.17) is 0 Å². The van der Waals surface area contributed by atoms with Gasteiger partial charge >= 0.3 is 0 Å². The van der Waals surface area contributed by atoms with Gasteiger partial charge in [-0.2, -0.15) is 0 Å². The van der Waals surface area contributed by atoms with Crippen LogP contribution in [-0.4, -0.2) is 32.5 Å². The number of hydrogen-bond acceptors (Lipinski definition) is 4. The van der Waals surface area contributed by atoms with Gasteiger partial charge in [0.25, 0.3) is 0 Å². The van der Waals surface area contributed by atoms with E-state index in [0.29, 0.717) is 5.82 Å². The van der Waals surface area contributed by atoms with E-state index in [9.17, 15) is 4.79 Å². The highest BCUT2D eigenvalue weighted by atomic mass is 16.1. The second-order valence-corrected chi connectivity index (χ2v) is 6.85. The van der Waals surface area contributed by atoms with Crippen LogP contribution in [0.15, 0.2) is 36.7 Å². The molecule has 1 aliphatic carbocycles. The number of nitrogens with zero attached hydrogens (tertiary/aromatic N) is 4. The Balaban J connectivity index is 0.00000117. The second kappa shape index (κ2) is 9.33. The Morgan fingerprint density at radius 3 is 2.62 bits per heavy atom. The van der Waals surface area contributed by atoms with Gasteiger partial charge in [0.2, 0.25) is 11.7 Å². The molecule has 0 bridgehead atoms. The lowest BCUT2D eigenvalue weighted by Crippen LogP contribution is -2.25. The molecule has 4 rings (SSSR count). The van der Waals surface area contributed by atoms with Crippen LogP contribution in [0.1, 0.15) is 56.2 Å². The highest BCUT2D eigenvalue weighted by Gasteiger charge is 2.31. The van der Waals surface area contributed by atoms with E-state index in [1.54, 1.807) is 7.05 Å². The molecule has 3 aromatic rings. The minimum absolute atomic E-state index is 0.0535. The Hall–Kier alpha value is -3.20. The molecule has 6 heteroatoms. The minimum atomic E-state index is 0.0535. The monoisotopic (exact) mass is 389 g/mol. The average molecular weight is 390 g/mol. The average Bonchev–Trinajstić information content (AvgIpc) is 3.41. The Morgan fingerprint density at radius 2 is 1.90 bits per heavy atom. The molecule has 2 unspecified atom stereocenters. The van der Waals surface area contributed by atoms with Crippen LogP contribution in [0.5, 0.6) is 0 Å². The number of fused-ring (bicyclic) bond motifs is 1. The first-order chi connectivity index (χ1) is 14.2. The van der Waals surface area contributed by atoms with Crippen molar-refractivity contribution in [2.75, 3.05) is 7.05 Å². The Kier molecular flexibility index (Phi) is 6.61. The topological polar surface area (TPSA) is 72.7 Å². The number of hydrogen-bond donors (Lipinski definition) is 1. The fourth-order valence-electron chi connectivity index (χ4n) is 3.68. The first kappa shape index (κ1) is 20.5. The van der Waals surface area contributed by atoms with Gasteiger partial charge in [-0.1, -0.05) is 38.0 Å². The summed E-state index contributed by atoms with van der Waals surface area (Å²) in [4.78, 5) is 25.6. The summed E-state index contributed by atoms with van der Waals surface area (Å²) in [6.45, 7) is 5.93. The summed E-state index contributed by atoms with van der Waals surface area (Å²) in [7, 11) is 1.69. The second-order valence-electron chi connectivity index (χ2n) is 6.85. The third-order valence-corrected chi connectivity index (χ3v) is 5.10. The molecular formula is C23H27N5O. The zero-order valence-corrected chi connectivity index (χ0v) is 17.4. The number of amides is 1. The van der Waals surface area contributed by atoms with Gasteiger partial charge in [-0.3, -0.25) is 4.79 Å². The van der Waals surface area contributed by atoms with Crippen molar-refractivity contribution < 1.29 is 4.79 Å². The van der Waals surface area contributed by atoms with Crippen molar-refractivity contribution in [2.24, 2.45) is 5.92 Å². The summed E-state index contributed by atoms with van der Waals surface area (Å²) in [5.41, 5.74) is 3.33. The lowest BCUT2D eigenvalue weighted by Gasteiger charge is -2.13. The first-order valence-electron chi connectivity index (χ1n) is 10.2. The Bertz CT molecular complexity index is 1050. The molecule has 1 aliphatic rings. The smallest absolute Gasteiger partial charge is 0.222 e. The molecule has 0 aliphatic heterocycles. The van der Waals surface area contributed by atoms with Crippen LogP contribution in [0.25, 0.3) is 11.2 Å². The van der Waals surface area contributed by atoms with Crippen LogP contribution in [0.2, 0.25) is 0 Å². The molecule has 0 spiro atoms. The van der Waals surface area contributed by atoms with Crippen LogP contribution >= 0.6 is 0 Å². The summed E-state index contributed by atoms with van der Waals surface area (Å²) in [6, 6.07) is 10.0. The SMILES string of the molecule is CC.CNC(=O)C1CCC(n2cnc3c(C)nc(C#Cc4ccccc4)nc32)C1. The van der Waals surface area contributed by atoms with Crippen LogP contribution in [0, 0.1) is 24.7 Å². The summed E-state index contributed by atoms with van der Waals surface area (Å²) in [5, 5.41) is 2.75. The highest BCUT2D eigenvalue weighted by Crippen LogP contribution is 2.36. The van der Waals surface area contributed by atoms with Gasteiger partial charge in [0, 0.05) is 24.6 Å². The van der Waals surface area contributed by atoms with E-state index in [0.717, 1.165) is 41.7 Å². The number of aromatic nitrogens is 4. The fourth-order valence-corrected chi connectivity index (χ4v) is 3.68. The predicted octanol–water partition coefficient (Wildman–Crippen LogP) is 3.65. The number of rotatable bonds is 2. The molecule has 2 aromatic heterocycles. The van der Waals surface area contributed by atoms with Crippen LogP contribution in [0.4, 0.5) is 0 Å². The summed E-state index contributed by atoms with van der Waals surface area (Å²) >= 11 is 0. The molecule has 29 heavy (non-hydrogen) atoms. The van der Waals surface area contributed by atoms with E-state index in [-0.39, 0.29) is 17.9 Å². The van der Waals surface area contributed by atoms with Gasteiger partial charge in [-0.05, 0) is 44.2 Å². The number of nitrogens with one attached hydrogen (secondary N) is 1. The molecule has 1 saturated carbocycles. The maximum atomic E-state index is 11.9. The quantitative estimate of drug-likeness (QED) is 0.679. The molecule has 1 fully saturated rings. The Morgan fingerprint density at radius 1 is 1.14 bits per heavy atom. The summed E-state index contributed by atoms with van der Waals surface area (Å²) in [6.07, 6.45) is 4.45. The maximum absolute atomic E-state index is 11.9. The lowest BCUT2D eigenvalue weighted by molar-refractivity contribution is -0.124. The van der Waals surface area contributed by atoms with Gasteiger partial charge in [-0.15, -0.1) is 0 Å². The van der Waals surface area contributed by atoms with Crippen LogP contribution < -0.4 is 5.32 Å². The summed E-state index contributed by atoms with van der Waals surface area (Å²) < 4.78 is 2.08. The summed E-state index contributed by atoms with van der Waals surface area (Å²) in [5.74, 6) is 6.82. The normalized spacial score (nSPS) is 17.8. The van der Waals surface area contributed by atoms with Crippen molar-refractivity contribution in [1.29, 1.82) is 0 Å². The molecule has 1 amide bonds. The van der Waals surface area contributed by atoms with Crippen LogP contribution in [-0.2, 0) is 4.79 Å². The van der Waals surface area contributed by atoms with Gasteiger partial charge in [0.05, 0.1) is 12.0 Å². The molecule has 2 atom stereocenters. The van der Waals surface area contributed by atoms with E-state index < -0.39 is 0 Å². The van der Waals surface area contributed by atoms with E-state index in [1.807, 2.05) is 57.4 Å². The molecule has 150 valence electrons. The van der Waals surface area contributed by atoms with Gasteiger partial charge in [0.1, 0.15) is 5.52 Å². The van der Waals surface area contributed by atoms with Crippen molar-refractivity contribution in [1.82, 2.24) is 24.8 Å². The zero-order valence-electron chi connectivity index (χ0n) is 17.4. The molecular weight excluding hydrogens is 362 g/mol. The van der Waals surface area contributed by atoms with Gasteiger partial charge in [0.15, 0.2) is 5.65 Å². The predicted molar refractivity (Wildman–Crippen MR) is 114 cm³/mol. The van der Waals surface area contributed by atoms with Crippen molar-refractivity contribution in [3.8, 4) is 11.8 Å². The van der Waals surface area contributed by atoms with Crippen molar-refractivity contribution in [3.05, 3.63) is 53.7 Å². The number of imidazole rings is 1. The Labute approximate surface area is 171 Å². The molecule has 1 N–H and O–H groups in total. The minimum Gasteiger partial charge on any atom is -0.359 e. The fraction of sp³-hybridized carbons (Fsp3) is 0.391. The molecule has 2 heterocycles. The maximum Gasteiger partial charge on any atom is 0.222 e. The zero-order chi connectivity index (χ0) is 20.8. The highest BCUT2D eigenvalue weighted by molar-refractivity contribution is 5.79. The lowest BCUT2D eigenvalue weighted by atomic mass is 10.1. The molecule has 6 nitrogen and oxygen atoms in total. The molecule has 0 radical (unpaired) electrons. The number of benzene rings is 1. The van der Waals surface area contributed by atoms with Gasteiger partial charge in [-0.25, -0.2) is 15.0 Å². The third-order valence-electron chi connectivity index (χ3n) is 5.10. The number of carbonyl (C=O) groups is 1. The van der Waals surface area contributed by atoms with E-state index in [2.05, 4.69) is 36.7 Å². The van der Waals surface area contributed by atoms with Gasteiger partial charge < -0.3 is 9.88 Å². The van der Waals surface area contributed by atoms with Crippen molar-refractivity contribution >= 4 is 17.1 Å². The third kappa shape index (κ3) is 4.45. The van der Waals surface area contributed by atoms with Crippen molar-refractivity contribution in [3.63, 3.8) is 0 Å². The molecule has 0 saturated heterocycles.